The molecule has 0 rings (SSSR count). The minimum Gasteiger partial charge on any atom is 0 e. The summed E-state index contributed by atoms with van der Waals surface area (Å²) in [4.78, 5) is 0. The minimum absolute atomic E-state index is 0. The van der Waals surface area contributed by atoms with Crippen molar-refractivity contribution in [2.45, 2.75) is 0 Å². The van der Waals surface area contributed by atoms with Crippen molar-refractivity contribution in [3.05, 3.63) is 0 Å². The first-order valence-corrected chi connectivity index (χ1v) is 0. The van der Waals surface area contributed by atoms with Crippen LogP contribution < -0.4 is 0 Å². The van der Waals surface area contributed by atoms with Gasteiger partial charge in [-0.2, -0.15) is 0 Å². The van der Waals surface area contributed by atoms with Gasteiger partial charge in [0.05, 0.1) is 0 Å². The quantitative estimate of drug-likeness (QED) is 0.420. The van der Waals surface area contributed by atoms with E-state index in [2.05, 4.69) is 0 Å². The van der Waals surface area contributed by atoms with Gasteiger partial charge in [0, 0.05) is 19.5 Å². The van der Waals surface area contributed by atoms with Gasteiger partial charge in [0.2, 0.25) is 0 Å². The van der Waals surface area contributed by atoms with Crippen molar-refractivity contribution in [2.75, 3.05) is 0 Å². The van der Waals surface area contributed by atoms with Gasteiger partial charge in [-0.25, -0.2) is 0 Å². The van der Waals surface area contributed by atoms with Crippen molar-refractivity contribution in [1.82, 2.24) is 0 Å². The Labute approximate surface area is 125 Å². The van der Waals surface area contributed by atoms with Crippen molar-refractivity contribution < 1.29 is 19.5 Å². The van der Waals surface area contributed by atoms with Crippen LogP contribution in [0.25, 0.3) is 0 Å². The maximum Gasteiger partial charge on any atom is 0.316 e. The van der Waals surface area contributed by atoms with Crippen molar-refractivity contribution in [3.8, 4) is 0 Å². The van der Waals surface area contributed by atoms with Crippen molar-refractivity contribution in [2.24, 2.45) is 0 Å². The predicted molar refractivity (Wildman–Crippen MR) is 25.6 cm³/mol. The third kappa shape index (κ3) is 9.52. The molecule has 0 spiro atoms. The Kier molecular flexibility index (Phi) is 94.3. The first kappa shape index (κ1) is 24.1. The fraction of sp³-hybridized carbons (Fsp3) is 0. The van der Waals surface area contributed by atoms with Gasteiger partial charge in [-0.1, -0.05) is 0 Å². The molecule has 0 amide bonds. The predicted octanol–water partition coefficient (Wildman–Crippen LogP) is -2.75. The number of hydrogen-bond acceptors (Lipinski definition) is 0. The zero-order valence-electron chi connectivity index (χ0n) is 0.707. The Morgan fingerprint density at radius 3 is 1.00 bits per heavy atom. The Morgan fingerprint density at radius 1 is 1.00 bits per heavy atom. The van der Waals surface area contributed by atoms with Gasteiger partial charge in [-0.05, 0) is 0 Å². The molecular formula is H6BaCaMgZn. The average Bonchev–Trinajstić information content (AvgIpc) is 0. The fourth-order valence-electron chi connectivity index (χ4n) is 0. The number of hydrogen-bond donors (Lipinski definition) is 0. The molecule has 0 aromatic heterocycles. The summed E-state index contributed by atoms with van der Waals surface area (Å²) in [5, 5.41) is 0. The third-order valence-corrected chi connectivity index (χ3v) is 0. The Hall–Kier alpha value is 4.22. The van der Waals surface area contributed by atoms with Crippen LogP contribution in [-0.2, 0) is 19.5 Å². The molecule has 14 valence electrons. The van der Waals surface area contributed by atoms with Crippen LogP contribution in [0.1, 0.15) is 0 Å². The monoisotopic (exact) mass is 272 g/mol. The summed E-state index contributed by atoms with van der Waals surface area (Å²) >= 11 is 0. The maximum atomic E-state index is 0. The summed E-state index contributed by atoms with van der Waals surface area (Å²) in [6.45, 7) is 0. The van der Waals surface area contributed by atoms with E-state index in [0.717, 1.165) is 0 Å². The molecule has 0 saturated carbocycles. The SMILES string of the molecule is [BaH2].[CaH2].[MgH2].[Zn]. The van der Waals surface area contributed by atoms with E-state index in [1.54, 1.807) is 0 Å². The van der Waals surface area contributed by atoms with E-state index in [1.807, 2.05) is 0 Å². The Morgan fingerprint density at radius 2 is 1.00 bits per heavy atom. The summed E-state index contributed by atoms with van der Waals surface area (Å²) in [7, 11) is 0. The van der Waals surface area contributed by atoms with Crippen LogP contribution in [0.5, 0.6) is 0 Å². The van der Waals surface area contributed by atoms with Crippen molar-refractivity contribution >= 4 is 110 Å². The van der Waals surface area contributed by atoms with Gasteiger partial charge in [0.15, 0.2) is 0 Å². The molecule has 0 aromatic carbocycles. The third-order valence-electron chi connectivity index (χ3n) is 0. The average molecular weight is 273 g/mol. The van der Waals surface area contributed by atoms with Crippen LogP contribution in [0.3, 0.4) is 0 Å². The van der Waals surface area contributed by atoms with Crippen LogP contribution in [0.15, 0.2) is 0 Å². The maximum absolute atomic E-state index is 0. The van der Waals surface area contributed by atoms with Gasteiger partial charge in [-0.3, -0.25) is 0 Å². The molecule has 0 atom stereocenters. The van der Waals surface area contributed by atoms with E-state index in [9.17, 15) is 0 Å². The zero-order chi connectivity index (χ0) is 0. The normalized spacial score (nSPS) is 0. The van der Waals surface area contributed by atoms with E-state index in [0.29, 0.717) is 0 Å². The fourth-order valence-corrected chi connectivity index (χ4v) is 0. The van der Waals surface area contributed by atoms with Gasteiger partial charge in [0.25, 0.3) is 0 Å². The van der Waals surface area contributed by atoms with Crippen LogP contribution in [0.4, 0.5) is 0 Å². The standard InChI is InChI=1S/Ba.Ca.Mg.Zn.6H. The van der Waals surface area contributed by atoms with Crippen LogP contribution in [0.2, 0.25) is 0 Å². The van der Waals surface area contributed by atoms with Gasteiger partial charge < -0.3 is 0 Å². The molecule has 0 nitrogen and oxygen atoms in total. The van der Waals surface area contributed by atoms with Gasteiger partial charge in [-0.15, -0.1) is 0 Å². The molecule has 0 bridgehead atoms. The largest absolute Gasteiger partial charge is 0.316 e. The second-order valence-electron chi connectivity index (χ2n) is 0. The van der Waals surface area contributed by atoms with Gasteiger partial charge >= 0.3 is 110 Å². The molecule has 0 aromatic rings. The van der Waals surface area contributed by atoms with E-state index in [-0.39, 0.29) is 129 Å². The molecule has 4 heavy (non-hydrogen) atoms. The summed E-state index contributed by atoms with van der Waals surface area (Å²) in [5.41, 5.74) is 0. The van der Waals surface area contributed by atoms with Crippen LogP contribution in [-0.4, -0.2) is 110 Å². The first-order valence-electron chi connectivity index (χ1n) is 0. The van der Waals surface area contributed by atoms with E-state index in [4.69, 9.17) is 0 Å². The molecule has 0 aliphatic rings. The molecule has 0 aliphatic carbocycles. The first-order chi connectivity index (χ1) is 0. The molecule has 0 heterocycles. The molecular weight excluding hydrogens is 267 g/mol. The molecule has 4 heteroatoms. The second-order valence-corrected chi connectivity index (χ2v) is 0. The van der Waals surface area contributed by atoms with E-state index >= 15 is 0 Å². The molecule has 0 radical (unpaired) electrons. The molecule has 0 aliphatic heterocycles. The Bertz CT molecular complexity index is 8.00. The zero-order valence-corrected chi connectivity index (χ0v) is 3.67. The summed E-state index contributed by atoms with van der Waals surface area (Å²) in [6.07, 6.45) is 0. The van der Waals surface area contributed by atoms with Crippen molar-refractivity contribution in [3.63, 3.8) is 0 Å². The molecule has 0 N–H and O–H groups in total. The van der Waals surface area contributed by atoms with Crippen molar-refractivity contribution in [1.29, 1.82) is 0 Å². The smallest absolute Gasteiger partial charge is 0 e. The molecule has 0 unspecified atom stereocenters. The van der Waals surface area contributed by atoms with Crippen LogP contribution in [0, 0.1) is 0 Å². The molecule has 0 fully saturated rings. The van der Waals surface area contributed by atoms with Gasteiger partial charge in [0.1, 0.15) is 0 Å². The van der Waals surface area contributed by atoms with Crippen LogP contribution >= 0.6 is 0 Å². The minimum atomic E-state index is 0. The van der Waals surface area contributed by atoms with E-state index in [1.165, 1.54) is 0 Å². The number of rotatable bonds is 0. The summed E-state index contributed by atoms with van der Waals surface area (Å²) < 4.78 is 0. The summed E-state index contributed by atoms with van der Waals surface area (Å²) in [6, 6.07) is 0. The van der Waals surface area contributed by atoms with E-state index < -0.39 is 0 Å². The topological polar surface area (TPSA) is 0 Å². The second kappa shape index (κ2) is 15.7. The Balaban J connectivity index is 0. The molecule has 0 saturated heterocycles. The summed E-state index contributed by atoms with van der Waals surface area (Å²) in [5.74, 6) is 0.